The fourth-order valence-electron chi connectivity index (χ4n) is 6.49. The summed E-state index contributed by atoms with van der Waals surface area (Å²) >= 11 is 1.28. The molecule has 0 spiro atoms. The first-order valence-electron chi connectivity index (χ1n) is 15.3. The summed E-state index contributed by atoms with van der Waals surface area (Å²) < 4.78 is 17.5. The van der Waals surface area contributed by atoms with Gasteiger partial charge >= 0.3 is 0 Å². The van der Waals surface area contributed by atoms with E-state index in [1.807, 2.05) is 16.7 Å². The highest BCUT2D eigenvalue weighted by Gasteiger charge is 2.42. The van der Waals surface area contributed by atoms with Gasteiger partial charge < -0.3 is 14.6 Å². The van der Waals surface area contributed by atoms with E-state index in [0.717, 1.165) is 63.1 Å². The monoisotopic (exact) mass is 624 g/mol. The number of imidazole rings is 1. The van der Waals surface area contributed by atoms with E-state index in [1.54, 1.807) is 24.0 Å². The van der Waals surface area contributed by atoms with Crippen molar-refractivity contribution in [3.8, 4) is 11.8 Å². The molecule has 3 aliphatic heterocycles. The van der Waals surface area contributed by atoms with Crippen molar-refractivity contribution in [3.05, 3.63) is 99.3 Å². The van der Waals surface area contributed by atoms with E-state index in [0.29, 0.717) is 22.3 Å². The highest BCUT2D eigenvalue weighted by molar-refractivity contribution is 7.13. The number of halogens is 1. The van der Waals surface area contributed by atoms with Crippen molar-refractivity contribution in [2.45, 2.75) is 51.4 Å². The molecule has 2 amide bonds. The average molecular weight is 625 g/mol. The van der Waals surface area contributed by atoms with Crippen molar-refractivity contribution in [2.24, 2.45) is 5.92 Å². The Morgan fingerprint density at radius 2 is 1.91 bits per heavy atom. The normalized spacial score (nSPS) is 17.1. The topological polar surface area (TPSA) is 104 Å². The van der Waals surface area contributed by atoms with Crippen LogP contribution in [0.15, 0.2) is 54.3 Å². The number of likely N-dealkylation sites (tertiary alicyclic amines) is 1. The fourth-order valence-corrected chi connectivity index (χ4v) is 7.03. The van der Waals surface area contributed by atoms with Gasteiger partial charge in [-0.05, 0) is 74.5 Å². The van der Waals surface area contributed by atoms with Crippen LogP contribution in [0.1, 0.15) is 69.3 Å². The highest BCUT2D eigenvalue weighted by atomic mass is 32.1. The molecular weight excluding hydrogens is 591 g/mol. The van der Waals surface area contributed by atoms with Gasteiger partial charge in [0.2, 0.25) is 0 Å². The highest BCUT2D eigenvalue weighted by Crippen LogP contribution is 2.36. The zero-order valence-corrected chi connectivity index (χ0v) is 25.5. The number of aryl methyl sites for hydroxylation is 1. The Morgan fingerprint density at radius 3 is 2.67 bits per heavy atom. The fraction of sp³-hybridized carbons (Fsp3) is 0.353. The lowest BCUT2D eigenvalue weighted by atomic mass is 9.97. The molecule has 230 valence electrons. The van der Waals surface area contributed by atoms with Gasteiger partial charge in [-0.25, -0.2) is 14.4 Å². The van der Waals surface area contributed by atoms with Crippen LogP contribution in [0.5, 0.6) is 0 Å². The van der Waals surface area contributed by atoms with Crippen LogP contribution >= 0.6 is 11.3 Å². The Morgan fingerprint density at radius 1 is 1.11 bits per heavy atom. The summed E-state index contributed by atoms with van der Waals surface area (Å²) in [6, 6.07) is 9.95. The van der Waals surface area contributed by atoms with Gasteiger partial charge in [-0.3, -0.25) is 19.8 Å². The predicted molar refractivity (Wildman–Crippen MR) is 168 cm³/mol. The lowest BCUT2D eigenvalue weighted by Crippen LogP contribution is -2.38. The molecule has 1 saturated heterocycles. The van der Waals surface area contributed by atoms with Crippen LogP contribution in [-0.2, 0) is 30.8 Å². The second-order valence-corrected chi connectivity index (χ2v) is 12.8. The third-order valence-electron chi connectivity index (χ3n) is 8.96. The van der Waals surface area contributed by atoms with Crippen molar-refractivity contribution in [1.29, 1.82) is 0 Å². The van der Waals surface area contributed by atoms with Crippen LogP contribution in [0.3, 0.4) is 0 Å². The largest absolute Gasteiger partial charge is 0.396 e. The molecule has 2 aromatic heterocycles. The van der Waals surface area contributed by atoms with Crippen LogP contribution in [-0.4, -0.2) is 61.0 Å². The maximum Gasteiger partial charge on any atom is 0.255 e. The quantitative estimate of drug-likeness (QED) is 0.296. The number of anilines is 1. The molecule has 1 unspecified atom stereocenters. The summed E-state index contributed by atoms with van der Waals surface area (Å²) in [5.41, 5.74) is 4.27. The molecule has 45 heavy (non-hydrogen) atoms. The number of carbonyl (C=O) groups excluding carboxylic acids is 2. The first-order valence-corrected chi connectivity index (χ1v) is 16.2. The van der Waals surface area contributed by atoms with E-state index < -0.39 is 23.7 Å². The number of rotatable bonds is 7. The number of thiazole rings is 1. The molecule has 2 aromatic carbocycles. The van der Waals surface area contributed by atoms with E-state index >= 15 is 4.39 Å². The first-order chi connectivity index (χ1) is 22.0. The molecule has 1 atom stereocenters. The number of aliphatic hydroxyl groups excluding tert-OH is 1. The number of hydrogen-bond acceptors (Lipinski definition) is 7. The molecule has 0 aliphatic carbocycles. The maximum absolute atomic E-state index is 15.5. The number of piperidine rings is 1. The standard InChI is InChI=1S/C34H33FN6O3S/c35-28-17-25(8-5-22-3-6-23(7-4-22)18-39-13-9-24(20-42)10-14-39)16-26-27(28)19-41(33(26)44)31(32(43)38-34-36-11-15-45-34)30-29-2-1-12-40(29)21-37-30/h3-4,6-7,11,15-17,21,24,31,42H,1-2,9-10,12-14,18-20H2,(H,36,38,43). The second-order valence-electron chi connectivity index (χ2n) is 11.9. The number of nitrogens with one attached hydrogen (secondary N) is 1. The first kappa shape index (κ1) is 29.3. The number of nitrogens with zero attached hydrogens (tertiary/aromatic N) is 5. The van der Waals surface area contributed by atoms with Gasteiger partial charge in [-0.1, -0.05) is 24.0 Å². The summed E-state index contributed by atoms with van der Waals surface area (Å²) in [7, 11) is 0. The predicted octanol–water partition coefficient (Wildman–Crippen LogP) is 4.36. The Balaban J connectivity index is 1.10. The van der Waals surface area contributed by atoms with Gasteiger partial charge in [-0.2, -0.15) is 0 Å². The second kappa shape index (κ2) is 12.6. The van der Waals surface area contributed by atoms with Gasteiger partial charge in [0.1, 0.15) is 5.82 Å². The smallest absolute Gasteiger partial charge is 0.255 e. The minimum Gasteiger partial charge on any atom is -0.396 e. The van der Waals surface area contributed by atoms with Gasteiger partial charge in [-0.15, -0.1) is 11.3 Å². The minimum absolute atomic E-state index is 0.0465. The number of aromatic nitrogens is 3. The lowest BCUT2D eigenvalue weighted by Gasteiger charge is -2.31. The van der Waals surface area contributed by atoms with Gasteiger partial charge in [0.25, 0.3) is 11.8 Å². The number of aliphatic hydroxyl groups is 1. The van der Waals surface area contributed by atoms with Crippen molar-refractivity contribution >= 4 is 28.3 Å². The Kier molecular flexibility index (Phi) is 8.19. The van der Waals surface area contributed by atoms with Crippen molar-refractivity contribution in [2.75, 3.05) is 25.0 Å². The molecule has 4 aromatic rings. The van der Waals surface area contributed by atoms with Gasteiger partial charge in [0.15, 0.2) is 11.2 Å². The third-order valence-corrected chi connectivity index (χ3v) is 9.65. The molecule has 5 heterocycles. The number of benzene rings is 2. The van der Waals surface area contributed by atoms with Crippen molar-refractivity contribution in [1.82, 2.24) is 24.3 Å². The van der Waals surface area contributed by atoms with E-state index in [1.165, 1.54) is 27.9 Å². The summed E-state index contributed by atoms with van der Waals surface area (Å²) in [5, 5.41) is 14.4. The van der Waals surface area contributed by atoms with Crippen LogP contribution < -0.4 is 5.32 Å². The molecule has 9 nitrogen and oxygen atoms in total. The van der Waals surface area contributed by atoms with Crippen LogP contribution in [0.2, 0.25) is 0 Å². The van der Waals surface area contributed by atoms with Gasteiger partial charge in [0, 0.05) is 59.2 Å². The number of carbonyl (C=O) groups is 2. The number of fused-ring (bicyclic) bond motifs is 2. The summed E-state index contributed by atoms with van der Waals surface area (Å²) in [4.78, 5) is 40.0. The van der Waals surface area contributed by atoms with Crippen LogP contribution in [0, 0.1) is 23.6 Å². The van der Waals surface area contributed by atoms with E-state index in [4.69, 9.17) is 0 Å². The minimum atomic E-state index is -1.03. The summed E-state index contributed by atoms with van der Waals surface area (Å²) in [6.07, 6.45) is 7.02. The molecule has 0 saturated carbocycles. The van der Waals surface area contributed by atoms with Crippen LogP contribution in [0.25, 0.3) is 0 Å². The van der Waals surface area contributed by atoms with Crippen molar-refractivity contribution < 1.29 is 19.1 Å². The molecule has 1 fully saturated rings. The lowest BCUT2D eigenvalue weighted by molar-refractivity contribution is -0.121. The van der Waals surface area contributed by atoms with E-state index in [-0.39, 0.29) is 24.3 Å². The maximum atomic E-state index is 15.5. The number of hydrogen-bond donors (Lipinski definition) is 2. The Labute approximate surface area is 264 Å². The molecule has 3 aliphatic rings. The summed E-state index contributed by atoms with van der Waals surface area (Å²) in [6.45, 7) is 3.84. The molecule has 11 heteroatoms. The molecular formula is C34H33FN6O3S. The average Bonchev–Trinajstić information content (AvgIpc) is 3.86. The molecule has 0 bridgehead atoms. The zero-order chi connectivity index (χ0) is 30.9. The molecule has 2 N–H and O–H groups in total. The third kappa shape index (κ3) is 6.01. The summed E-state index contributed by atoms with van der Waals surface area (Å²) in [5.74, 6) is 5.15. The van der Waals surface area contributed by atoms with Crippen LogP contribution in [0.4, 0.5) is 9.52 Å². The Bertz CT molecular complexity index is 1780. The zero-order valence-electron chi connectivity index (χ0n) is 24.7. The van der Waals surface area contributed by atoms with Crippen molar-refractivity contribution in [3.63, 3.8) is 0 Å². The van der Waals surface area contributed by atoms with Gasteiger partial charge in [0.05, 0.1) is 18.6 Å². The number of amides is 2. The molecule has 0 radical (unpaired) electrons. The molecule has 7 rings (SSSR count). The van der Waals surface area contributed by atoms with E-state index in [9.17, 15) is 14.7 Å². The van der Waals surface area contributed by atoms with E-state index in [2.05, 4.69) is 44.2 Å². The SMILES string of the molecule is O=C(Nc1nccs1)C(c1ncn2c1CCC2)N1Cc2c(F)cc(C#Cc3ccc(CN4CCC(CO)CC4)cc3)cc2C1=O. The Hall–Kier alpha value is -4.37.